The summed E-state index contributed by atoms with van der Waals surface area (Å²) in [6.07, 6.45) is 0.112. The quantitative estimate of drug-likeness (QED) is 0.258. The Labute approximate surface area is 227 Å². The van der Waals surface area contributed by atoms with E-state index in [0.717, 1.165) is 46.4 Å². The van der Waals surface area contributed by atoms with Crippen LogP contribution in [0.15, 0.2) is 59.6 Å². The molecule has 5 rings (SSSR count). The van der Waals surface area contributed by atoms with Gasteiger partial charge in [-0.15, -0.1) is 21.5 Å². The summed E-state index contributed by atoms with van der Waals surface area (Å²) in [7, 11) is 0. The van der Waals surface area contributed by atoms with Crippen LogP contribution in [0.3, 0.4) is 0 Å². The molecule has 0 aliphatic carbocycles. The van der Waals surface area contributed by atoms with Crippen molar-refractivity contribution in [3.05, 3.63) is 93.4 Å². The lowest BCUT2D eigenvalue weighted by atomic mass is 9.99. The highest BCUT2D eigenvalue weighted by Gasteiger charge is 2.32. The Morgan fingerprint density at radius 3 is 2.45 bits per heavy atom. The fourth-order valence-corrected chi connectivity index (χ4v) is 6.14. The largest absolute Gasteiger partial charge is 0.466 e. The number of aliphatic imine (C=N–C) groups is 1. The number of fused-ring (bicyclic) bond motifs is 3. The Bertz CT molecular complexity index is 1470. The summed E-state index contributed by atoms with van der Waals surface area (Å²) in [4.78, 5) is 21.3. The van der Waals surface area contributed by atoms with Gasteiger partial charge in [-0.3, -0.25) is 14.4 Å². The number of anilines is 1. The number of aromatic nitrogens is 3. The molecular formula is C30H33N5O2S. The van der Waals surface area contributed by atoms with Crippen molar-refractivity contribution >= 4 is 28.7 Å². The topological polar surface area (TPSA) is 72.6 Å². The predicted octanol–water partition coefficient (Wildman–Crippen LogP) is 6.13. The number of benzene rings is 2. The molecule has 2 aromatic carbocycles. The van der Waals surface area contributed by atoms with Crippen LogP contribution in [0.2, 0.25) is 0 Å². The summed E-state index contributed by atoms with van der Waals surface area (Å²) in [6, 6.07) is 18.6. The highest BCUT2D eigenvalue weighted by Crippen LogP contribution is 2.39. The summed E-state index contributed by atoms with van der Waals surface area (Å²) in [5.41, 5.74) is 6.58. The van der Waals surface area contributed by atoms with Gasteiger partial charge in [0, 0.05) is 34.8 Å². The van der Waals surface area contributed by atoms with Crippen molar-refractivity contribution in [2.75, 3.05) is 18.1 Å². The second-order valence-corrected chi connectivity index (χ2v) is 10.7. The molecule has 0 radical (unpaired) electrons. The lowest BCUT2D eigenvalue weighted by molar-refractivity contribution is -0.143. The summed E-state index contributed by atoms with van der Waals surface area (Å²) >= 11 is 1.71. The van der Waals surface area contributed by atoms with Crippen LogP contribution in [-0.4, -0.2) is 39.6 Å². The Morgan fingerprint density at radius 2 is 1.76 bits per heavy atom. The van der Waals surface area contributed by atoms with Crippen LogP contribution < -0.4 is 4.90 Å². The number of rotatable bonds is 8. The minimum absolute atomic E-state index is 0.112. The molecule has 0 bridgehead atoms. The van der Waals surface area contributed by atoms with Crippen molar-refractivity contribution in [1.29, 1.82) is 0 Å². The van der Waals surface area contributed by atoms with Gasteiger partial charge in [0.2, 0.25) is 0 Å². The molecule has 7 nitrogen and oxygen atoms in total. The first-order valence-corrected chi connectivity index (χ1v) is 13.9. The predicted molar refractivity (Wildman–Crippen MR) is 153 cm³/mol. The molecular weight excluding hydrogens is 494 g/mol. The van der Waals surface area contributed by atoms with Gasteiger partial charge in [0.15, 0.2) is 5.82 Å². The minimum Gasteiger partial charge on any atom is -0.466 e. The van der Waals surface area contributed by atoms with Gasteiger partial charge in [0.25, 0.3) is 0 Å². The van der Waals surface area contributed by atoms with Crippen molar-refractivity contribution < 1.29 is 9.53 Å². The monoisotopic (exact) mass is 527 g/mol. The molecule has 196 valence electrons. The third-order valence-electron chi connectivity index (χ3n) is 7.01. The summed E-state index contributed by atoms with van der Waals surface area (Å²) < 4.78 is 7.35. The summed E-state index contributed by atoms with van der Waals surface area (Å²) in [6.45, 7) is 12.3. The van der Waals surface area contributed by atoms with Crippen LogP contribution in [0.5, 0.6) is 0 Å². The van der Waals surface area contributed by atoms with E-state index in [0.29, 0.717) is 12.4 Å². The molecule has 1 aliphatic rings. The van der Waals surface area contributed by atoms with E-state index in [9.17, 15) is 4.79 Å². The van der Waals surface area contributed by atoms with Crippen LogP contribution in [0.1, 0.15) is 65.1 Å². The first kappa shape index (κ1) is 25.9. The normalized spacial score (nSPS) is 14.3. The van der Waals surface area contributed by atoms with E-state index >= 15 is 0 Å². The van der Waals surface area contributed by atoms with Gasteiger partial charge in [0.05, 0.1) is 18.7 Å². The van der Waals surface area contributed by atoms with Gasteiger partial charge >= 0.3 is 5.97 Å². The number of carbonyl (C=O) groups excluding carboxylic acids is 1. The molecule has 0 fully saturated rings. The highest BCUT2D eigenvalue weighted by atomic mass is 32.1. The fourth-order valence-electron chi connectivity index (χ4n) is 4.92. The maximum Gasteiger partial charge on any atom is 0.308 e. The third kappa shape index (κ3) is 4.88. The molecule has 3 heterocycles. The van der Waals surface area contributed by atoms with Gasteiger partial charge in [-0.05, 0) is 57.9 Å². The van der Waals surface area contributed by atoms with Crippen LogP contribution in [0.25, 0.3) is 5.00 Å². The standard InChI is InChI=1S/C30H33N5O2S/c1-6-34(18-22-11-9-8-10-12-22)24-15-13-23(14-16-24)28-27-19(3)20(4)38-30(27)35-21(5)32-33-29(35)25(31-28)17-26(36)37-7-2/h8-16,25H,6-7,17-18H2,1-5H3/t25-/m0/s1. The van der Waals surface area contributed by atoms with E-state index in [1.54, 1.807) is 11.3 Å². The number of carbonyl (C=O) groups is 1. The summed E-state index contributed by atoms with van der Waals surface area (Å²) in [5.74, 6) is 1.16. The molecule has 1 aliphatic heterocycles. The molecule has 0 saturated heterocycles. The van der Waals surface area contributed by atoms with Crippen LogP contribution in [-0.2, 0) is 16.1 Å². The SMILES string of the molecule is CCOC(=O)C[C@@H]1N=C(c2ccc(N(CC)Cc3ccccc3)cc2)c2c(sc(C)c2C)-n2c(C)nnc21. The average molecular weight is 528 g/mol. The smallest absolute Gasteiger partial charge is 0.308 e. The van der Waals surface area contributed by atoms with Gasteiger partial charge in [-0.25, -0.2) is 0 Å². The maximum absolute atomic E-state index is 12.6. The number of esters is 1. The van der Waals surface area contributed by atoms with Crippen molar-refractivity contribution in [3.8, 4) is 5.00 Å². The Balaban J connectivity index is 1.57. The Kier molecular flexibility index (Phi) is 7.42. The van der Waals surface area contributed by atoms with Crippen LogP contribution in [0, 0.1) is 20.8 Å². The zero-order valence-electron chi connectivity index (χ0n) is 22.6. The molecule has 0 unspecified atom stereocenters. The zero-order chi connectivity index (χ0) is 26.8. The molecule has 0 amide bonds. The number of thiophene rings is 1. The molecule has 4 aromatic rings. The van der Waals surface area contributed by atoms with Gasteiger partial charge in [-0.2, -0.15) is 0 Å². The Morgan fingerprint density at radius 1 is 1.03 bits per heavy atom. The second kappa shape index (κ2) is 10.9. The minimum atomic E-state index is -0.491. The molecule has 0 spiro atoms. The molecule has 0 N–H and O–H groups in total. The van der Waals surface area contributed by atoms with Crippen LogP contribution in [0.4, 0.5) is 5.69 Å². The van der Waals surface area contributed by atoms with E-state index in [2.05, 4.69) is 89.0 Å². The lowest BCUT2D eigenvalue weighted by Gasteiger charge is -2.23. The third-order valence-corrected chi connectivity index (χ3v) is 8.20. The summed E-state index contributed by atoms with van der Waals surface area (Å²) in [5, 5.41) is 9.86. The van der Waals surface area contributed by atoms with E-state index in [4.69, 9.17) is 9.73 Å². The molecule has 1 atom stereocenters. The van der Waals surface area contributed by atoms with Gasteiger partial charge < -0.3 is 9.64 Å². The Hall–Kier alpha value is -3.78. The van der Waals surface area contributed by atoms with Crippen LogP contribution >= 0.6 is 11.3 Å². The first-order chi connectivity index (χ1) is 18.4. The van der Waals surface area contributed by atoms with Crippen molar-refractivity contribution in [3.63, 3.8) is 0 Å². The van der Waals surface area contributed by atoms with Crippen molar-refractivity contribution in [2.45, 2.75) is 53.6 Å². The van der Waals surface area contributed by atoms with Crippen molar-refractivity contribution in [2.24, 2.45) is 4.99 Å². The highest BCUT2D eigenvalue weighted by molar-refractivity contribution is 7.15. The molecule has 0 saturated carbocycles. The lowest BCUT2D eigenvalue weighted by Crippen LogP contribution is -2.22. The second-order valence-electron chi connectivity index (χ2n) is 9.45. The number of hydrogen-bond donors (Lipinski definition) is 0. The number of hydrogen-bond acceptors (Lipinski definition) is 7. The molecule has 38 heavy (non-hydrogen) atoms. The number of ether oxygens (including phenoxy) is 1. The first-order valence-electron chi connectivity index (χ1n) is 13.1. The van der Waals surface area contributed by atoms with Gasteiger partial charge in [-0.1, -0.05) is 42.5 Å². The number of nitrogens with zero attached hydrogens (tertiary/aromatic N) is 5. The number of aryl methyl sites for hydroxylation is 2. The molecule has 2 aromatic heterocycles. The zero-order valence-corrected chi connectivity index (χ0v) is 23.4. The molecule has 8 heteroatoms. The van der Waals surface area contributed by atoms with E-state index in [-0.39, 0.29) is 12.4 Å². The van der Waals surface area contributed by atoms with E-state index in [1.807, 2.05) is 19.9 Å². The fraction of sp³-hybridized carbons (Fsp3) is 0.333. The average Bonchev–Trinajstić information content (AvgIpc) is 3.40. The van der Waals surface area contributed by atoms with E-state index < -0.39 is 6.04 Å². The van der Waals surface area contributed by atoms with Gasteiger partial charge in [0.1, 0.15) is 16.9 Å². The maximum atomic E-state index is 12.6. The van der Waals surface area contributed by atoms with E-state index in [1.165, 1.54) is 16.0 Å². The van der Waals surface area contributed by atoms with Crippen molar-refractivity contribution in [1.82, 2.24) is 14.8 Å².